The molecule has 0 aliphatic carbocycles. The largest absolute Gasteiger partial charge is 0.464 e. The fourth-order valence-electron chi connectivity index (χ4n) is 3.79. The van der Waals surface area contributed by atoms with Crippen molar-refractivity contribution in [2.75, 3.05) is 13.2 Å². The summed E-state index contributed by atoms with van der Waals surface area (Å²) in [4.78, 5) is 28.9. The highest BCUT2D eigenvalue weighted by molar-refractivity contribution is 5.81. The van der Waals surface area contributed by atoms with Crippen molar-refractivity contribution >= 4 is 23.3 Å². The van der Waals surface area contributed by atoms with Gasteiger partial charge in [-0.3, -0.25) is 4.98 Å². The molecule has 2 rings (SSSR count). The number of hydrogen-bond donors (Lipinski definition) is 1. The summed E-state index contributed by atoms with van der Waals surface area (Å²) >= 11 is 0. The second-order valence-electron chi connectivity index (χ2n) is 7.58. The molecule has 1 amide bonds. The lowest BCUT2D eigenvalue weighted by Crippen LogP contribution is -2.58. The molecule has 0 spiro atoms. The van der Waals surface area contributed by atoms with Crippen LogP contribution in [0.1, 0.15) is 52.5 Å². The van der Waals surface area contributed by atoms with Crippen LogP contribution in [-0.2, 0) is 20.8 Å². The molecule has 1 aromatic heterocycles. The number of hydrazine groups is 1. The molecule has 0 aliphatic rings. The van der Waals surface area contributed by atoms with E-state index in [9.17, 15) is 14.7 Å². The minimum Gasteiger partial charge on any atom is -0.464 e. The monoisotopic (exact) mass is 445 g/mol. The van der Waals surface area contributed by atoms with E-state index in [0.717, 1.165) is 34.3 Å². The quantitative estimate of drug-likeness (QED) is 0.260. The summed E-state index contributed by atoms with van der Waals surface area (Å²) in [6, 6.07) is 8.36. The highest BCUT2D eigenvalue weighted by atomic mass is 16.7. The number of carbonyl (C=O) groups excluding carboxylic acids is 1. The molecule has 2 unspecified atom stereocenters. The Morgan fingerprint density at radius 3 is 2.44 bits per heavy atom. The van der Waals surface area contributed by atoms with Gasteiger partial charge >= 0.3 is 6.09 Å². The number of benzene rings is 1. The maximum Gasteiger partial charge on any atom is 0.422 e. The molecule has 1 heterocycles. The average Bonchev–Trinajstić information content (AvgIpc) is 2.80. The third-order valence-corrected chi connectivity index (χ3v) is 5.37. The van der Waals surface area contributed by atoms with E-state index in [0.29, 0.717) is 25.9 Å². The number of nitrogens with zero attached hydrogens (tertiary/aromatic N) is 3. The molecule has 176 valence electrons. The van der Waals surface area contributed by atoms with Crippen LogP contribution in [0.2, 0.25) is 0 Å². The van der Waals surface area contributed by atoms with Crippen molar-refractivity contribution in [2.24, 2.45) is 0 Å². The Balaban J connectivity index is 2.53. The fourth-order valence-corrected chi connectivity index (χ4v) is 3.79. The molecule has 8 heteroatoms. The third kappa shape index (κ3) is 6.48. The molecule has 8 nitrogen and oxygen atoms in total. The van der Waals surface area contributed by atoms with Gasteiger partial charge in [0.05, 0.1) is 11.6 Å². The molecule has 1 N–H and O–H groups in total. The summed E-state index contributed by atoms with van der Waals surface area (Å²) in [5.74, 6) is 0. The number of carboxylic acid groups (broad SMARTS) is 1. The average molecular weight is 446 g/mol. The van der Waals surface area contributed by atoms with Crippen molar-refractivity contribution in [1.29, 1.82) is 0 Å². The minimum absolute atomic E-state index is 0.231. The number of amides is 1. The van der Waals surface area contributed by atoms with Crippen molar-refractivity contribution in [3.8, 4) is 0 Å². The van der Waals surface area contributed by atoms with Gasteiger partial charge in [-0.15, -0.1) is 0 Å². The molecule has 0 saturated heterocycles. The molecule has 0 bridgehead atoms. The van der Waals surface area contributed by atoms with E-state index in [4.69, 9.17) is 9.47 Å². The lowest BCUT2D eigenvalue weighted by molar-refractivity contribution is -0.204. The van der Waals surface area contributed by atoms with Gasteiger partial charge < -0.3 is 19.4 Å². The summed E-state index contributed by atoms with van der Waals surface area (Å²) in [6.07, 6.45) is 2.62. The summed E-state index contributed by atoms with van der Waals surface area (Å²) in [5, 5.41) is 13.9. The van der Waals surface area contributed by atoms with E-state index in [2.05, 4.69) is 4.98 Å². The SMILES string of the molecule is CCCCC(C=O)N(C(=O)O)N(Cc1cccc2cccnc12)C(C)C(OCC)OCC. The first kappa shape index (κ1) is 25.7. The topological polar surface area (TPSA) is 92.2 Å². The molecule has 0 radical (unpaired) electrons. The van der Waals surface area contributed by atoms with Gasteiger partial charge in [0.2, 0.25) is 0 Å². The molecule has 32 heavy (non-hydrogen) atoms. The smallest absolute Gasteiger partial charge is 0.422 e. The predicted molar refractivity (Wildman–Crippen MR) is 123 cm³/mol. The van der Waals surface area contributed by atoms with Crippen LogP contribution in [0.3, 0.4) is 0 Å². The van der Waals surface area contributed by atoms with Gasteiger partial charge in [0.15, 0.2) is 6.29 Å². The van der Waals surface area contributed by atoms with Crippen LogP contribution in [0.25, 0.3) is 10.9 Å². The maximum atomic E-state index is 12.4. The Morgan fingerprint density at radius 2 is 1.84 bits per heavy atom. The summed E-state index contributed by atoms with van der Waals surface area (Å²) in [7, 11) is 0. The molecule has 2 aromatic rings. The Kier molecular flexibility index (Phi) is 10.5. The van der Waals surface area contributed by atoms with E-state index >= 15 is 0 Å². The normalized spacial score (nSPS) is 13.4. The van der Waals surface area contributed by atoms with E-state index in [1.54, 1.807) is 11.2 Å². The van der Waals surface area contributed by atoms with Crippen LogP contribution < -0.4 is 0 Å². The van der Waals surface area contributed by atoms with Crippen LogP contribution in [0.15, 0.2) is 36.5 Å². The summed E-state index contributed by atoms with van der Waals surface area (Å²) < 4.78 is 11.6. The number of rotatable bonds is 14. The second-order valence-corrected chi connectivity index (χ2v) is 7.58. The Labute approximate surface area is 190 Å². The van der Waals surface area contributed by atoms with Gasteiger partial charge in [-0.05, 0) is 38.8 Å². The minimum atomic E-state index is -1.19. The van der Waals surface area contributed by atoms with Gasteiger partial charge in [-0.25, -0.2) is 14.8 Å². The number of pyridine rings is 1. The zero-order valence-corrected chi connectivity index (χ0v) is 19.4. The van der Waals surface area contributed by atoms with E-state index in [1.807, 2.05) is 58.0 Å². The van der Waals surface area contributed by atoms with Crippen molar-refractivity contribution in [3.05, 3.63) is 42.1 Å². The van der Waals surface area contributed by atoms with E-state index in [1.165, 1.54) is 0 Å². The van der Waals surface area contributed by atoms with Crippen LogP contribution in [0, 0.1) is 0 Å². The van der Waals surface area contributed by atoms with Crippen molar-refractivity contribution < 1.29 is 24.2 Å². The maximum absolute atomic E-state index is 12.4. The molecule has 0 fully saturated rings. The van der Waals surface area contributed by atoms with Crippen LogP contribution >= 0.6 is 0 Å². The standard InChI is InChI=1S/C24H35N3O5/c1-5-8-14-21(17-28)27(24(29)30)26(18(4)23(31-6-2)32-7-3)16-20-12-9-11-19-13-10-15-25-22(19)20/h9-13,15,17-18,21,23H,5-8,14,16H2,1-4H3,(H,29,30). The van der Waals surface area contributed by atoms with Crippen LogP contribution in [-0.4, -0.2) is 64.1 Å². The highest BCUT2D eigenvalue weighted by Crippen LogP contribution is 2.24. The van der Waals surface area contributed by atoms with Crippen molar-refractivity contribution in [2.45, 2.75) is 71.9 Å². The zero-order chi connectivity index (χ0) is 23.5. The lowest BCUT2D eigenvalue weighted by Gasteiger charge is -2.42. The molecular formula is C24H35N3O5. The second kappa shape index (κ2) is 13.1. The number of para-hydroxylation sites is 1. The number of fused-ring (bicyclic) bond motifs is 1. The number of aromatic nitrogens is 1. The third-order valence-electron chi connectivity index (χ3n) is 5.37. The molecular weight excluding hydrogens is 410 g/mol. The first-order valence-corrected chi connectivity index (χ1v) is 11.3. The first-order chi connectivity index (χ1) is 15.5. The highest BCUT2D eigenvalue weighted by Gasteiger charge is 2.36. The molecule has 2 atom stereocenters. The van der Waals surface area contributed by atoms with E-state index in [-0.39, 0.29) is 6.54 Å². The molecule has 1 aromatic carbocycles. The number of hydrogen-bond acceptors (Lipinski definition) is 6. The van der Waals surface area contributed by atoms with E-state index < -0.39 is 24.5 Å². The van der Waals surface area contributed by atoms with Crippen LogP contribution in [0.4, 0.5) is 4.79 Å². The van der Waals surface area contributed by atoms with Gasteiger partial charge in [0.25, 0.3) is 0 Å². The lowest BCUT2D eigenvalue weighted by atomic mass is 10.1. The number of unbranched alkanes of at least 4 members (excludes halogenated alkanes) is 1. The van der Waals surface area contributed by atoms with Gasteiger partial charge in [-0.1, -0.05) is 44.0 Å². The van der Waals surface area contributed by atoms with Gasteiger partial charge in [0.1, 0.15) is 12.3 Å². The molecule has 0 saturated carbocycles. The summed E-state index contributed by atoms with van der Waals surface area (Å²) in [6.45, 7) is 8.65. The number of aldehydes is 1. The summed E-state index contributed by atoms with van der Waals surface area (Å²) in [5.41, 5.74) is 1.64. The number of carbonyl (C=O) groups is 2. The first-order valence-electron chi connectivity index (χ1n) is 11.3. The zero-order valence-electron chi connectivity index (χ0n) is 19.4. The van der Waals surface area contributed by atoms with Crippen LogP contribution in [0.5, 0.6) is 0 Å². The number of ether oxygens (including phenoxy) is 2. The molecule has 0 aliphatic heterocycles. The van der Waals surface area contributed by atoms with Crippen molar-refractivity contribution in [3.63, 3.8) is 0 Å². The predicted octanol–water partition coefficient (Wildman–Crippen LogP) is 4.48. The van der Waals surface area contributed by atoms with Gasteiger partial charge in [-0.2, -0.15) is 0 Å². The Hall–Kier alpha value is -2.55. The van der Waals surface area contributed by atoms with Gasteiger partial charge in [0, 0.05) is 31.3 Å². The fraction of sp³-hybridized carbons (Fsp3) is 0.542. The Morgan fingerprint density at radius 1 is 1.16 bits per heavy atom. The van der Waals surface area contributed by atoms with Crippen molar-refractivity contribution in [1.82, 2.24) is 15.0 Å². The Bertz CT molecular complexity index is 851.